The standard InChI is InChI=1S/C32H36F2N6O6/c1-3-37(27-7-6-21(10-25(27)33)40-16-22(46-32(40)45)13-36-18(2)41)14-19-15-38(9-8-35-19)29-12-28-23(11-26(29)34)30(42)24(31(43)44)17-39(28)20-4-5-20/h6-7,10-12,17,19-20,22,35H,3-5,8-9,13-16H2,1-2H3,(H,36,41)(H,43,44). The quantitative estimate of drug-likeness (QED) is 0.306. The number of hydrogen-bond acceptors (Lipinski definition) is 8. The van der Waals surface area contributed by atoms with Gasteiger partial charge in [0.05, 0.1) is 35.7 Å². The number of carbonyl (C=O) groups excluding carboxylic acids is 2. The molecule has 2 aromatic carbocycles. The number of nitrogens with one attached hydrogen (secondary N) is 2. The lowest BCUT2D eigenvalue weighted by Gasteiger charge is -2.38. The van der Waals surface area contributed by atoms with E-state index in [-0.39, 0.29) is 42.0 Å². The Labute approximate surface area is 263 Å². The molecule has 2 saturated heterocycles. The Morgan fingerprint density at radius 1 is 1.13 bits per heavy atom. The van der Waals surface area contributed by atoms with Crippen molar-refractivity contribution in [3.8, 4) is 0 Å². The fourth-order valence-electron chi connectivity index (χ4n) is 6.25. The molecule has 6 rings (SSSR count). The maximum atomic E-state index is 15.6. The van der Waals surface area contributed by atoms with Crippen molar-refractivity contribution in [3.63, 3.8) is 0 Å². The van der Waals surface area contributed by atoms with E-state index in [4.69, 9.17) is 4.74 Å². The number of halogens is 2. The molecule has 12 nitrogen and oxygen atoms in total. The van der Waals surface area contributed by atoms with Crippen LogP contribution in [0.5, 0.6) is 0 Å². The second-order valence-corrected chi connectivity index (χ2v) is 12.0. The van der Waals surface area contributed by atoms with Gasteiger partial charge in [-0.2, -0.15) is 0 Å². The molecule has 2 unspecified atom stereocenters. The smallest absolute Gasteiger partial charge is 0.414 e. The SMILES string of the molecule is CCN(CC1CN(c2cc3c(cc2F)c(=O)c(C(=O)O)cn3C2CC2)CCN1)c1ccc(N2CC(CNC(C)=O)OC2=O)cc1F. The van der Waals surface area contributed by atoms with Crippen molar-refractivity contribution in [2.24, 2.45) is 0 Å². The highest BCUT2D eigenvalue weighted by molar-refractivity contribution is 5.94. The highest BCUT2D eigenvalue weighted by Crippen LogP contribution is 2.38. The maximum absolute atomic E-state index is 15.6. The minimum atomic E-state index is -1.34. The molecule has 2 amide bonds. The molecule has 2 atom stereocenters. The van der Waals surface area contributed by atoms with E-state index in [1.165, 1.54) is 24.1 Å². The fraction of sp³-hybridized carbons (Fsp3) is 0.438. The third kappa shape index (κ3) is 6.21. The normalized spacial score (nSPS) is 19.8. The van der Waals surface area contributed by atoms with Crippen LogP contribution in [0.1, 0.15) is 43.1 Å². The summed E-state index contributed by atoms with van der Waals surface area (Å²) in [5.41, 5.74) is 0.448. The van der Waals surface area contributed by atoms with Crippen molar-refractivity contribution in [2.75, 3.05) is 60.5 Å². The first-order valence-corrected chi connectivity index (χ1v) is 15.4. The number of hydrogen-bond donors (Lipinski definition) is 3. The number of aromatic carboxylic acids is 1. The number of ether oxygens (including phenoxy) is 1. The zero-order chi connectivity index (χ0) is 32.7. The topological polar surface area (TPSA) is 136 Å². The van der Waals surface area contributed by atoms with Gasteiger partial charge in [0.15, 0.2) is 0 Å². The summed E-state index contributed by atoms with van der Waals surface area (Å²) >= 11 is 0. The zero-order valence-electron chi connectivity index (χ0n) is 25.6. The van der Waals surface area contributed by atoms with Crippen molar-refractivity contribution < 1.29 is 33.0 Å². The number of aromatic nitrogens is 1. The van der Waals surface area contributed by atoms with Crippen LogP contribution in [0.15, 0.2) is 41.3 Å². The van der Waals surface area contributed by atoms with Gasteiger partial charge in [0.1, 0.15) is 23.3 Å². The Morgan fingerprint density at radius 2 is 1.91 bits per heavy atom. The Balaban J connectivity index is 1.19. The van der Waals surface area contributed by atoms with E-state index in [1.54, 1.807) is 22.8 Å². The number of pyridine rings is 1. The van der Waals surface area contributed by atoms with Crippen LogP contribution in [0.25, 0.3) is 10.9 Å². The van der Waals surface area contributed by atoms with Crippen molar-refractivity contribution in [1.82, 2.24) is 15.2 Å². The van der Waals surface area contributed by atoms with Crippen LogP contribution in [-0.4, -0.2) is 85.6 Å². The zero-order valence-corrected chi connectivity index (χ0v) is 25.6. The van der Waals surface area contributed by atoms with Crippen molar-refractivity contribution in [1.29, 1.82) is 0 Å². The lowest BCUT2D eigenvalue weighted by atomic mass is 10.1. The lowest BCUT2D eigenvalue weighted by Crippen LogP contribution is -2.55. The van der Waals surface area contributed by atoms with E-state index >= 15 is 8.78 Å². The third-order valence-electron chi connectivity index (χ3n) is 8.73. The molecular weight excluding hydrogens is 602 g/mol. The summed E-state index contributed by atoms with van der Waals surface area (Å²) in [6.07, 6.45) is 1.92. The first-order valence-electron chi connectivity index (χ1n) is 15.4. The van der Waals surface area contributed by atoms with Gasteiger partial charge in [0.2, 0.25) is 11.3 Å². The number of anilines is 3. The predicted molar refractivity (Wildman–Crippen MR) is 168 cm³/mol. The van der Waals surface area contributed by atoms with Gasteiger partial charge < -0.3 is 34.8 Å². The molecule has 2 aliphatic heterocycles. The number of carboxylic acids is 1. The Morgan fingerprint density at radius 3 is 2.59 bits per heavy atom. The summed E-state index contributed by atoms with van der Waals surface area (Å²) in [5, 5.41) is 15.6. The van der Waals surface area contributed by atoms with Crippen molar-refractivity contribution in [3.05, 3.63) is 63.9 Å². The van der Waals surface area contributed by atoms with E-state index in [1.807, 2.05) is 16.7 Å². The summed E-state index contributed by atoms with van der Waals surface area (Å²) in [7, 11) is 0. The first kappa shape index (κ1) is 31.3. The van der Waals surface area contributed by atoms with Gasteiger partial charge in [0.25, 0.3) is 0 Å². The molecule has 3 fully saturated rings. The highest BCUT2D eigenvalue weighted by atomic mass is 19.1. The number of amides is 2. The van der Waals surface area contributed by atoms with Crippen LogP contribution in [0.3, 0.4) is 0 Å². The van der Waals surface area contributed by atoms with Gasteiger partial charge in [0, 0.05) is 63.3 Å². The molecule has 3 aliphatic rings. The van der Waals surface area contributed by atoms with Gasteiger partial charge in [-0.1, -0.05) is 0 Å². The van der Waals surface area contributed by atoms with Crippen molar-refractivity contribution in [2.45, 2.75) is 44.9 Å². The first-order chi connectivity index (χ1) is 22.0. The van der Waals surface area contributed by atoms with Gasteiger partial charge in [-0.25, -0.2) is 18.4 Å². The van der Waals surface area contributed by atoms with Crippen LogP contribution in [0, 0.1) is 11.6 Å². The van der Waals surface area contributed by atoms with Crippen LogP contribution in [-0.2, 0) is 9.53 Å². The maximum Gasteiger partial charge on any atom is 0.414 e. The van der Waals surface area contributed by atoms with Gasteiger partial charge in [-0.3, -0.25) is 14.5 Å². The average Bonchev–Trinajstić information content (AvgIpc) is 3.80. The number of carboxylic acid groups (broad SMARTS) is 1. The Kier molecular flexibility index (Phi) is 8.55. The van der Waals surface area contributed by atoms with E-state index in [2.05, 4.69) is 10.6 Å². The Bertz CT molecular complexity index is 1760. The molecule has 1 saturated carbocycles. The molecule has 1 aromatic heterocycles. The molecule has 3 N–H and O–H groups in total. The number of benzene rings is 2. The van der Waals surface area contributed by atoms with Crippen LogP contribution >= 0.6 is 0 Å². The minimum Gasteiger partial charge on any atom is -0.477 e. The van der Waals surface area contributed by atoms with Crippen LogP contribution < -0.4 is 30.8 Å². The van der Waals surface area contributed by atoms with Gasteiger partial charge >= 0.3 is 12.1 Å². The second kappa shape index (κ2) is 12.6. The molecular formula is C32H36F2N6O6. The average molecular weight is 639 g/mol. The number of carbonyl (C=O) groups is 3. The molecule has 244 valence electrons. The summed E-state index contributed by atoms with van der Waals surface area (Å²) < 4.78 is 38.1. The largest absolute Gasteiger partial charge is 0.477 e. The van der Waals surface area contributed by atoms with E-state index in [9.17, 15) is 24.3 Å². The number of piperazine rings is 1. The fourth-order valence-corrected chi connectivity index (χ4v) is 6.25. The molecule has 1 aliphatic carbocycles. The predicted octanol–water partition coefficient (Wildman–Crippen LogP) is 3.08. The molecule has 14 heteroatoms. The van der Waals surface area contributed by atoms with E-state index < -0.39 is 35.2 Å². The number of fused-ring (bicyclic) bond motifs is 1. The number of rotatable bonds is 10. The van der Waals surface area contributed by atoms with Gasteiger partial charge in [-0.05, 0) is 50.1 Å². The third-order valence-corrected chi connectivity index (χ3v) is 8.73. The molecule has 46 heavy (non-hydrogen) atoms. The monoisotopic (exact) mass is 638 g/mol. The highest BCUT2D eigenvalue weighted by Gasteiger charge is 2.33. The summed E-state index contributed by atoms with van der Waals surface area (Å²) in [5.74, 6) is -2.69. The van der Waals surface area contributed by atoms with Crippen LogP contribution in [0.4, 0.5) is 30.6 Å². The molecule has 0 radical (unpaired) electrons. The number of likely N-dealkylation sites (N-methyl/N-ethyl adjacent to an activating group) is 1. The summed E-state index contributed by atoms with van der Waals surface area (Å²) in [6.45, 7) is 5.99. The van der Waals surface area contributed by atoms with E-state index in [0.717, 1.165) is 18.9 Å². The summed E-state index contributed by atoms with van der Waals surface area (Å²) in [4.78, 5) is 53.3. The van der Waals surface area contributed by atoms with Gasteiger partial charge in [-0.15, -0.1) is 0 Å². The molecule has 3 aromatic rings. The minimum absolute atomic E-state index is 0.0428. The number of nitrogens with zero attached hydrogens (tertiary/aromatic N) is 4. The second-order valence-electron chi connectivity index (χ2n) is 12.0. The van der Waals surface area contributed by atoms with Crippen molar-refractivity contribution >= 4 is 45.9 Å². The Hall–Kier alpha value is -4.72. The molecule has 0 bridgehead atoms. The molecule has 3 heterocycles. The molecule has 0 spiro atoms. The summed E-state index contributed by atoms with van der Waals surface area (Å²) in [6, 6.07) is 7.25. The lowest BCUT2D eigenvalue weighted by molar-refractivity contribution is -0.119. The van der Waals surface area contributed by atoms with Crippen LogP contribution in [0.2, 0.25) is 0 Å². The number of cyclic esters (lactones) is 1. The van der Waals surface area contributed by atoms with E-state index in [0.29, 0.717) is 55.3 Å².